The maximum Gasteiger partial charge on any atom is 0.281 e. The van der Waals surface area contributed by atoms with Crippen molar-refractivity contribution >= 4 is 67.7 Å². The predicted octanol–water partition coefficient (Wildman–Crippen LogP) is 5.69. The first-order chi connectivity index (χ1) is 17.3. The first-order valence-corrected chi connectivity index (χ1v) is 13.5. The van der Waals surface area contributed by atoms with Crippen molar-refractivity contribution in [2.45, 2.75) is 46.1 Å². The number of anilines is 1. The highest BCUT2D eigenvalue weighted by Crippen LogP contribution is 2.29. The first kappa shape index (κ1) is 24.7. The number of nitrogens with one attached hydrogen (secondary N) is 1. The van der Waals surface area contributed by atoms with Crippen molar-refractivity contribution in [1.29, 1.82) is 0 Å². The normalized spacial score (nSPS) is 17.7. The van der Waals surface area contributed by atoms with Crippen LogP contribution < -0.4 is 10.2 Å². The van der Waals surface area contributed by atoms with Crippen molar-refractivity contribution in [3.63, 3.8) is 0 Å². The Hall–Kier alpha value is -2.97. The largest absolute Gasteiger partial charge is 0.341 e. The van der Waals surface area contributed by atoms with E-state index in [1.807, 2.05) is 72.0 Å². The summed E-state index contributed by atoms with van der Waals surface area (Å²) in [5.41, 5.74) is 5.23. The molecule has 2 amide bonds. The molecule has 2 saturated heterocycles. The minimum absolute atomic E-state index is 0.132. The molecule has 0 bridgehead atoms. The third-order valence-corrected chi connectivity index (χ3v) is 7.84. The number of amides is 2. The molecule has 186 valence electrons. The molecule has 2 aliphatic heterocycles. The highest BCUT2D eigenvalue weighted by atomic mass is 79.9. The van der Waals surface area contributed by atoms with Gasteiger partial charge < -0.3 is 14.8 Å². The number of aromatic nitrogens is 1. The number of benzene rings is 2. The summed E-state index contributed by atoms with van der Waals surface area (Å²) in [4.78, 5) is 30.0. The number of rotatable bonds is 4. The lowest BCUT2D eigenvalue weighted by molar-refractivity contribution is -0.131. The van der Waals surface area contributed by atoms with Crippen LogP contribution in [0.1, 0.15) is 42.4 Å². The molecule has 3 aromatic rings. The van der Waals surface area contributed by atoms with E-state index in [2.05, 4.69) is 21.2 Å². The molecule has 0 atom stereocenters. The summed E-state index contributed by atoms with van der Waals surface area (Å²) in [6, 6.07) is 11.9. The molecule has 2 fully saturated rings. The van der Waals surface area contributed by atoms with Crippen LogP contribution in [0.25, 0.3) is 17.0 Å². The van der Waals surface area contributed by atoms with E-state index in [0.717, 1.165) is 63.7 Å². The maximum absolute atomic E-state index is 13.4. The third kappa shape index (κ3) is 4.84. The number of hydrogen-bond acceptors (Lipinski definition) is 3. The molecule has 0 spiro atoms. The Morgan fingerprint density at radius 3 is 2.53 bits per heavy atom. The van der Waals surface area contributed by atoms with E-state index in [1.165, 1.54) is 17.7 Å². The molecule has 0 radical (unpaired) electrons. The van der Waals surface area contributed by atoms with E-state index in [1.54, 1.807) is 0 Å². The third-order valence-electron chi connectivity index (χ3n) is 7.07. The molecule has 36 heavy (non-hydrogen) atoms. The van der Waals surface area contributed by atoms with Gasteiger partial charge in [-0.05, 0) is 86.4 Å². The number of halogens is 1. The Morgan fingerprint density at radius 1 is 1.06 bits per heavy atom. The number of fused-ring (bicyclic) bond motifs is 1. The van der Waals surface area contributed by atoms with Gasteiger partial charge in [0.25, 0.3) is 5.91 Å². The summed E-state index contributed by atoms with van der Waals surface area (Å²) < 4.78 is 2.92. The van der Waals surface area contributed by atoms with Gasteiger partial charge in [-0.3, -0.25) is 14.5 Å². The fraction of sp³-hybridized carbons (Fsp3) is 0.321. The van der Waals surface area contributed by atoms with Crippen molar-refractivity contribution < 1.29 is 9.59 Å². The molecular formula is C28H29BrN4O2S. The molecule has 6 nitrogen and oxygen atoms in total. The molecule has 2 aliphatic rings. The first-order valence-electron chi connectivity index (χ1n) is 12.3. The van der Waals surface area contributed by atoms with Gasteiger partial charge in [0.15, 0.2) is 5.11 Å². The summed E-state index contributed by atoms with van der Waals surface area (Å²) in [7, 11) is 0. The smallest absolute Gasteiger partial charge is 0.281 e. The minimum atomic E-state index is -0.195. The van der Waals surface area contributed by atoms with Crippen LogP contribution in [0.2, 0.25) is 0 Å². The van der Waals surface area contributed by atoms with Crippen molar-refractivity contribution in [2.75, 3.05) is 18.0 Å². The second-order valence-corrected chi connectivity index (χ2v) is 10.9. The molecule has 0 unspecified atom stereocenters. The number of likely N-dealkylation sites (tertiary alicyclic amines) is 1. The van der Waals surface area contributed by atoms with Crippen LogP contribution in [-0.4, -0.2) is 39.5 Å². The van der Waals surface area contributed by atoms with E-state index in [4.69, 9.17) is 12.2 Å². The molecule has 5 rings (SSSR count). The van der Waals surface area contributed by atoms with Crippen molar-refractivity contribution in [3.05, 3.63) is 69.5 Å². The Morgan fingerprint density at radius 2 is 1.81 bits per heavy atom. The van der Waals surface area contributed by atoms with Crippen molar-refractivity contribution in [2.24, 2.45) is 0 Å². The molecule has 0 saturated carbocycles. The second kappa shape index (κ2) is 10.2. The van der Waals surface area contributed by atoms with Gasteiger partial charge >= 0.3 is 0 Å². The Labute approximate surface area is 225 Å². The van der Waals surface area contributed by atoms with Gasteiger partial charge in [0.05, 0.1) is 5.69 Å². The summed E-state index contributed by atoms with van der Waals surface area (Å²) in [5, 5.41) is 4.42. The van der Waals surface area contributed by atoms with E-state index in [-0.39, 0.29) is 18.4 Å². The van der Waals surface area contributed by atoms with Gasteiger partial charge in [-0.25, -0.2) is 0 Å². The van der Waals surface area contributed by atoms with Gasteiger partial charge in [0.2, 0.25) is 5.91 Å². The quantitative estimate of drug-likeness (QED) is 0.327. The zero-order valence-electron chi connectivity index (χ0n) is 20.5. The molecule has 8 heteroatoms. The number of nitrogens with zero attached hydrogens (tertiary/aromatic N) is 3. The van der Waals surface area contributed by atoms with Crippen LogP contribution >= 0.6 is 28.1 Å². The average molecular weight is 566 g/mol. The lowest BCUT2D eigenvalue weighted by atomic mass is 10.1. The summed E-state index contributed by atoms with van der Waals surface area (Å²) in [5.74, 6) is -0.0622. The topological polar surface area (TPSA) is 57.6 Å². The zero-order chi connectivity index (χ0) is 25.4. The number of carbonyl (C=O) groups excluding carboxylic acids is 2. The molecule has 3 heterocycles. The standard InChI is InChI=1S/C28H29BrN4O2S/c1-18-7-9-22(13-19(18)2)33-27(35)24(30-28(33)36)14-20-16-32(25-10-8-21(29)15-23(20)25)17-26(34)31-11-5-3-4-6-12-31/h7-10,13-16H,3-6,11-12,17H2,1-2H3,(H,30,36)/b24-14-. The number of aryl methyl sites for hydroxylation is 2. The highest BCUT2D eigenvalue weighted by molar-refractivity contribution is 9.10. The zero-order valence-corrected chi connectivity index (χ0v) is 22.9. The lowest BCUT2D eigenvalue weighted by Crippen LogP contribution is -2.34. The predicted molar refractivity (Wildman–Crippen MR) is 152 cm³/mol. The Balaban J connectivity index is 1.47. The van der Waals surface area contributed by atoms with Gasteiger partial charge in [0.1, 0.15) is 12.2 Å². The summed E-state index contributed by atoms with van der Waals surface area (Å²) >= 11 is 9.09. The number of thiocarbonyl (C=S) groups is 1. The van der Waals surface area contributed by atoms with E-state index < -0.39 is 0 Å². The van der Waals surface area contributed by atoms with Gasteiger partial charge in [-0.15, -0.1) is 0 Å². The Kier molecular flexibility index (Phi) is 6.99. The fourth-order valence-corrected chi connectivity index (χ4v) is 5.56. The highest BCUT2D eigenvalue weighted by Gasteiger charge is 2.32. The van der Waals surface area contributed by atoms with Crippen LogP contribution in [0.3, 0.4) is 0 Å². The maximum atomic E-state index is 13.4. The second-order valence-electron chi connectivity index (χ2n) is 9.57. The Bertz CT molecular complexity index is 1400. The lowest BCUT2D eigenvalue weighted by Gasteiger charge is -2.20. The molecule has 0 aliphatic carbocycles. The number of carbonyl (C=O) groups is 2. The van der Waals surface area contributed by atoms with Crippen molar-refractivity contribution in [1.82, 2.24) is 14.8 Å². The van der Waals surface area contributed by atoms with Crippen LogP contribution in [-0.2, 0) is 16.1 Å². The molecular weight excluding hydrogens is 536 g/mol. The van der Waals surface area contributed by atoms with Gasteiger partial charge in [-0.1, -0.05) is 34.8 Å². The number of hydrogen-bond donors (Lipinski definition) is 1. The van der Waals surface area contributed by atoms with Crippen LogP contribution in [0.4, 0.5) is 5.69 Å². The molecule has 1 N–H and O–H groups in total. The molecule has 2 aromatic carbocycles. The summed E-state index contributed by atoms with van der Waals surface area (Å²) in [6.45, 7) is 5.98. The van der Waals surface area contributed by atoms with Crippen LogP contribution in [0.15, 0.2) is 52.8 Å². The minimum Gasteiger partial charge on any atom is -0.341 e. The van der Waals surface area contributed by atoms with E-state index in [9.17, 15) is 9.59 Å². The van der Waals surface area contributed by atoms with Crippen LogP contribution in [0, 0.1) is 13.8 Å². The monoisotopic (exact) mass is 564 g/mol. The van der Waals surface area contributed by atoms with Gasteiger partial charge in [-0.2, -0.15) is 0 Å². The average Bonchev–Trinajstić information content (AvgIpc) is 3.16. The SMILES string of the molecule is Cc1ccc(N2C(=O)/C(=C/c3cn(CC(=O)N4CCCCCC4)c4ccc(Br)cc34)NC2=S)cc1C. The van der Waals surface area contributed by atoms with Crippen molar-refractivity contribution in [3.8, 4) is 0 Å². The summed E-state index contributed by atoms with van der Waals surface area (Å²) in [6.07, 6.45) is 8.28. The van der Waals surface area contributed by atoms with E-state index in [0.29, 0.717) is 10.8 Å². The fourth-order valence-electron chi connectivity index (χ4n) is 4.90. The molecule has 1 aromatic heterocycles. The van der Waals surface area contributed by atoms with E-state index >= 15 is 0 Å². The van der Waals surface area contributed by atoms with Crippen LogP contribution in [0.5, 0.6) is 0 Å². The van der Waals surface area contributed by atoms with Gasteiger partial charge in [0, 0.05) is 40.2 Å².